The van der Waals surface area contributed by atoms with E-state index < -0.39 is 0 Å². The molecule has 0 aliphatic heterocycles. The molecule has 45 heavy (non-hydrogen) atoms. The van der Waals surface area contributed by atoms with Gasteiger partial charge in [-0.1, -0.05) is 106 Å². The van der Waals surface area contributed by atoms with Crippen molar-refractivity contribution in [3.05, 3.63) is 115 Å². The summed E-state index contributed by atoms with van der Waals surface area (Å²) in [4.78, 5) is 14.3. The normalized spacial score (nSPS) is 12.1. The Bertz CT molecular complexity index is 2180. The predicted molar refractivity (Wildman–Crippen MR) is 186 cm³/mol. The van der Waals surface area contributed by atoms with Crippen LogP contribution in [-0.4, -0.2) is 15.0 Å². The number of fused-ring (bicyclic) bond motifs is 4. The molecule has 7 rings (SSSR count). The van der Waals surface area contributed by atoms with Gasteiger partial charge in [0, 0.05) is 32.4 Å². The molecule has 0 saturated carbocycles. The number of hydrogen-bond donors (Lipinski definition) is 0. The second-order valence-electron chi connectivity index (χ2n) is 13.8. The van der Waals surface area contributed by atoms with Crippen LogP contribution < -0.4 is 0 Å². The van der Waals surface area contributed by atoms with Crippen molar-refractivity contribution in [3.8, 4) is 33.6 Å². The van der Waals surface area contributed by atoms with E-state index in [2.05, 4.69) is 133 Å². The Labute approximate surface area is 284 Å². The van der Waals surface area contributed by atoms with E-state index in [-0.39, 0.29) is 31.9 Å². The van der Waals surface area contributed by atoms with Crippen LogP contribution in [0.15, 0.2) is 91.4 Å². The van der Waals surface area contributed by atoms with E-state index in [1.165, 1.54) is 21.2 Å². The molecule has 7 aromatic rings. The van der Waals surface area contributed by atoms with Gasteiger partial charge in [-0.15, -0.1) is 64.8 Å². The minimum atomic E-state index is 0. The van der Waals surface area contributed by atoms with Gasteiger partial charge in [-0.2, -0.15) is 0 Å². The molecule has 0 radical (unpaired) electrons. The Hall–Kier alpha value is -3.72. The monoisotopic (exact) mass is 784 g/mol. The van der Waals surface area contributed by atoms with Crippen LogP contribution in [0.25, 0.3) is 64.7 Å². The van der Waals surface area contributed by atoms with Crippen molar-refractivity contribution < 1.29 is 21.1 Å². The van der Waals surface area contributed by atoms with Gasteiger partial charge in [0.25, 0.3) is 0 Å². The zero-order valence-electron chi connectivity index (χ0n) is 26.4. The van der Waals surface area contributed by atoms with Gasteiger partial charge >= 0.3 is 21.1 Å². The van der Waals surface area contributed by atoms with Gasteiger partial charge < -0.3 is 0 Å². The average molecular weight is 785 g/mol. The maximum Gasteiger partial charge on any atom is 2.00 e. The molecule has 5 heteroatoms. The maximum atomic E-state index is 4.82. The number of pyridine rings is 1. The Morgan fingerprint density at radius 2 is 1.49 bits per heavy atom. The van der Waals surface area contributed by atoms with Crippen LogP contribution >= 0.6 is 11.3 Å². The first-order valence-electron chi connectivity index (χ1n) is 15.2. The standard InChI is InChI=1S/C40H35N3S.Pt/c1-39(2,3)23-29-13-9-15-32-36-38(44-37(29)32)35(42-24-43-36)28-17-16-25-10-8-14-31(33(25)21-28)26-11-7-12-27(20-26)34-22-30(18-19-41-34)40(4,5)6;/h7-19,22,24H,23H2,1-6H3;/q-2;+2. The van der Waals surface area contributed by atoms with Crippen LogP contribution in [0.1, 0.15) is 52.7 Å². The minimum absolute atomic E-state index is 0. The van der Waals surface area contributed by atoms with Crippen molar-refractivity contribution in [2.24, 2.45) is 5.41 Å². The van der Waals surface area contributed by atoms with E-state index in [4.69, 9.17) is 15.0 Å². The van der Waals surface area contributed by atoms with Crippen LogP contribution in [0, 0.1) is 17.5 Å². The second-order valence-corrected chi connectivity index (χ2v) is 14.9. The van der Waals surface area contributed by atoms with Crippen molar-refractivity contribution in [1.82, 2.24) is 15.0 Å². The average Bonchev–Trinajstić information content (AvgIpc) is 3.40. The summed E-state index contributed by atoms with van der Waals surface area (Å²) in [5.41, 5.74) is 9.80. The van der Waals surface area contributed by atoms with Gasteiger partial charge in [-0.25, -0.2) is 4.98 Å². The molecule has 0 N–H and O–H groups in total. The molecular weight excluding hydrogens is 750 g/mol. The van der Waals surface area contributed by atoms with Crippen LogP contribution in [0.2, 0.25) is 0 Å². The zero-order chi connectivity index (χ0) is 30.6. The van der Waals surface area contributed by atoms with Gasteiger partial charge in [0.1, 0.15) is 6.33 Å². The fourth-order valence-electron chi connectivity index (χ4n) is 5.94. The summed E-state index contributed by atoms with van der Waals surface area (Å²) in [5.74, 6) is 0. The van der Waals surface area contributed by atoms with Crippen LogP contribution in [0.4, 0.5) is 0 Å². The smallest absolute Gasteiger partial charge is 0.295 e. The molecule has 0 bridgehead atoms. The molecule has 0 aliphatic rings. The third kappa shape index (κ3) is 6.11. The summed E-state index contributed by atoms with van der Waals surface area (Å²) in [6.07, 6.45) is 4.61. The molecule has 0 amide bonds. The molecule has 0 spiro atoms. The summed E-state index contributed by atoms with van der Waals surface area (Å²) in [6.45, 7) is 13.6. The van der Waals surface area contributed by atoms with Crippen LogP contribution in [0.3, 0.4) is 0 Å². The largest absolute Gasteiger partial charge is 2.00 e. The zero-order valence-corrected chi connectivity index (χ0v) is 29.5. The molecule has 4 aromatic carbocycles. The SMILES string of the molecule is CC(C)(C)Cc1cccc2c1sc1c(-c3[c-]c4c(-c5[c-]c(-c6cc(C(C)(C)C)ccn6)ccc5)cccc4cc3)ncnc12.[Pt+2]. The Balaban J connectivity index is 0.00000357. The molecule has 3 nitrogen and oxygen atoms in total. The first-order valence-corrected chi connectivity index (χ1v) is 16.0. The third-order valence-electron chi connectivity index (χ3n) is 8.11. The van der Waals surface area contributed by atoms with Gasteiger partial charge in [0.05, 0.1) is 5.52 Å². The van der Waals surface area contributed by atoms with Crippen molar-refractivity contribution in [2.45, 2.75) is 53.4 Å². The van der Waals surface area contributed by atoms with Gasteiger partial charge in [0.2, 0.25) is 0 Å². The first-order chi connectivity index (χ1) is 21.0. The summed E-state index contributed by atoms with van der Waals surface area (Å²) < 4.78 is 2.41. The van der Waals surface area contributed by atoms with Gasteiger partial charge in [-0.3, -0.25) is 9.97 Å². The Kier molecular flexibility index (Phi) is 8.27. The number of rotatable bonds is 4. The molecule has 3 heterocycles. The quantitative estimate of drug-likeness (QED) is 0.167. The van der Waals surface area contributed by atoms with Crippen molar-refractivity contribution in [1.29, 1.82) is 0 Å². The fraction of sp³-hybridized carbons (Fsp3) is 0.225. The van der Waals surface area contributed by atoms with E-state index in [0.29, 0.717) is 0 Å². The number of hydrogen-bond acceptors (Lipinski definition) is 4. The third-order valence-corrected chi connectivity index (χ3v) is 9.39. The maximum absolute atomic E-state index is 4.82. The summed E-state index contributed by atoms with van der Waals surface area (Å²) in [5, 5.41) is 3.38. The molecule has 0 unspecified atom stereocenters. The molecule has 0 aliphatic carbocycles. The van der Waals surface area contributed by atoms with E-state index in [1.807, 2.05) is 6.20 Å². The summed E-state index contributed by atoms with van der Waals surface area (Å²) in [7, 11) is 0. The predicted octanol–water partition coefficient (Wildman–Crippen LogP) is 10.9. The number of nitrogens with zero attached hydrogens (tertiary/aromatic N) is 3. The summed E-state index contributed by atoms with van der Waals surface area (Å²) in [6, 6.07) is 35.3. The molecular formula is C40H35N3PtS. The molecule has 0 fully saturated rings. The molecule has 0 atom stereocenters. The van der Waals surface area contributed by atoms with Gasteiger partial charge in [0.15, 0.2) is 0 Å². The molecule has 3 aromatic heterocycles. The van der Waals surface area contributed by atoms with Gasteiger partial charge in [-0.05, 0) is 34.4 Å². The molecule has 0 saturated heterocycles. The number of thiophene rings is 1. The number of benzene rings is 4. The Morgan fingerprint density at radius 1 is 0.711 bits per heavy atom. The van der Waals surface area contributed by atoms with E-state index in [9.17, 15) is 0 Å². The van der Waals surface area contributed by atoms with E-state index in [1.54, 1.807) is 17.7 Å². The molecule has 226 valence electrons. The Morgan fingerprint density at radius 3 is 2.29 bits per heavy atom. The second kappa shape index (κ2) is 11.9. The number of aromatic nitrogens is 3. The summed E-state index contributed by atoms with van der Waals surface area (Å²) >= 11 is 1.80. The van der Waals surface area contributed by atoms with E-state index >= 15 is 0 Å². The first kappa shape index (κ1) is 31.3. The van der Waals surface area contributed by atoms with Crippen molar-refractivity contribution in [3.63, 3.8) is 0 Å². The van der Waals surface area contributed by atoms with Crippen molar-refractivity contribution in [2.75, 3.05) is 0 Å². The van der Waals surface area contributed by atoms with Crippen molar-refractivity contribution >= 4 is 42.4 Å². The van der Waals surface area contributed by atoms with Crippen LogP contribution in [-0.2, 0) is 32.9 Å². The minimum Gasteiger partial charge on any atom is -0.295 e. The fourth-order valence-corrected chi connectivity index (χ4v) is 7.21. The van der Waals surface area contributed by atoms with E-state index in [0.717, 1.165) is 61.1 Å². The van der Waals surface area contributed by atoms with Crippen LogP contribution in [0.5, 0.6) is 0 Å². The topological polar surface area (TPSA) is 38.7 Å².